The van der Waals surface area contributed by atoms with E-state index < -0.39 is 34.0 Å². The molecule has 1 aliphatic rings. The molecule has 0 unspecified atom stereocenters. The average molecular weight is 397 g/mol. The third-order valence-electron chi connectivity index (χ3n) is 4.45. The molecule has 9 heteroatoms. The van der Waals surface area contributed by atoms with Crippen LogP contribution in [-0.4, -0.2) is 48.9 Å². The van der Waals surface area contributed by atoms with Crippen molar-refractivity contribution in [3.63, 3.8) is 0 Å². The van der Waals surface area contributed by atoms with E-state index in [1.165, 1.54) is 19.1 Å². The highest BCUT2D eigenvalue weighted by Crippen LogP contribution is 2.24. The fourth-order valence-corrected chi connectivity index (χ4v) is 4.39. The molecule has 138 valence electrons. The van der Waals surface area contributed by atoms with Gasteiger partial charge in [0.15, 0.2) is 0 Å². The van der Waals surface area contributed by atoms with Crippen LogP contribution in [-0.2, 0) is 19.6 Å². The molecule has 0 spiro atoms. The standard InChI is InChI=1S/C17H17ClN2O5S/c1-10(17(22)23)20-7-6-15(16(20)21)19-26(24,25)14-5-3-11-8-13(18)4-2-12(11)9-14/h2-5,8-10,15,19H,6-7H2,1H3,(H,22,23)/t10-,15+/m0/s1. The van der Waals surface area contributed by atoms with Crippen molar-refractivity contribution in [2.24, 2.45) is 0 Å². The number of benzene rings is 2. The zero-order valence-corrected chi connectivity index (χ0v) is 15.4. The van der Waals surface area contributed by atoms with Crippen LogP contribution < -0.4 is 4.72 Å². The molecule has 26 heavy (non-hydrogen) atoms. The van der Waals surface area contributed by atoms with Crippen molar-refractivity contribution >= 4 is 44.3 Å². The lowest BCUT2D eigenvalue weighted by Crippen LogP contribution is -2.46. The summed E-state index contributed by atoms with van der Waals surface area (Å²) in [6.07, 6.45) is 0.221. The van der Waals surface area contributed by atoms with E-state index in [9.17, 15) is 18.0 Å². The molecule has 2 aromatic carbocycles. The number of hydrogen-bond donors (Lipinski definition) is 2. The smallest absolute Gasteiger partial charge is 0.326 e. The maximum atomic E-state index is 12.6. The maximum Gasteiger partial charge on any atom is 0.326 e. The van der Waals surface area contributed by atoms with Gasteiger partial charge in [0.1, 0.15) is 12.1 Å². The van der Waals surface area contributed by atoms with E-state index in [4.69, 9.17) is 16.7 Å². The molecule has 1 fully saturated rings. The molecule has 0 aliphatic carbocycles. The predicted octanol–water partition coefficient (Wildman–Crippen LogP) is 1.85. The molecule has 0 saturated carbocycles. The maximum absolute atomic E-state index is 12.6. The molecule has 0 bridgehead atoms. The summed E-state index contributed by atoms with van der Waals surface area (Å²) in [5.41, 5.74) is 0. The van der Waals surface area contributed by atoms with Crippen LogP contribution in [0.3, 0.4) is 0 Å². The van der Waals surface area contributed by atoms with Crippen molar-refractivity contribution in [3.05, 3.63) is 41.4 Å². The lowest BCUT2D eigenvalue weighted by atomic mass is 10.1. The van der Waals surface area contributed by atoms with E-state index in [1.54, 1.807) is 24.3 Å². The average Bonchev–Trinajstić information content (AvgIpc) is 2.93. The zero-order valence-electron chi connectivity index (χ0n) is 13.8. The first kappa shape index (κ1) is 18.6. The van der Waals surface area contributed by atoms with E-state index in [0.29, 0.717) is 10.4 Å². The number of amides is 1. The molecule has 1 amide bonds. The minimum Gasteiger partial charge on any atom is -0.480 e. The highest BCUT2D eigenvalue weighted by Gasteiger charge is 2.39. The molecule has 2 aromatic rings. The molecular formula is C17H17ClN2O5S. The van der Waals surface area contributed by atoms with Crippen LogP contribution in [0.1, 0.15) is 13.3 Å². The Morgan fingerprint density at radius 3 is 2.62 bits per heavy atom. The van der Waals surface area contributed by atoms with Gasteiger partial charge in [0.25, 0.3) is 0 Å². The van der Waals surface area contributed by atoms with Crippen molar-refractivity contribution in [1.82, 2.24) is 9.62 Å². The number of fused-ring (bicyclic) bond motifs is 1. The van der Waals surface area contributed by atoms with Gasteiger partial charge in [0, 0.05) is 11.6 Å². The van der Waals surface area contributed by atoms with Gasteiger partial charge in [-0.25, -0.2) is 13.2 Å². The second-order valence-electron chi connectivity index (χ2n) is 6.16. The minimum atomic E-state index is -3.93. The van der Waals surface area contributed by atoms with E-state index in [2.05, 4.69) is 4.72 Å². The number of halogens is 1. The van der Waals surface area contributed by atoms with Crippen LogP contribution >= 0.6 is 11.6 Å². The number of likely N-dealkylation sites (tertiary alicyclic amines) is 1. The molecule has 0 radical (unpaired) electrons. The summed E-state index contributed by atoms with van der Waals surface area (Å²) < 4.78 is 27.6. The van der Waals surface area contributed by atoms with Gasteiger partial charge in [-0.3, -0.25) is 4.79 Å². The summed E-state index contributed by atoms with van der Waals surface area (Å²) in [5, 5.41) is 11.1. The first-order chi connectivity index (χ1) is 12.2. The van der Waals surface area contributed by atoms with E-state index in [0.717, 1.165) is 10.3 Å². The molecule has 2 atom stereocenters. The Morgan fingerprint density at radius 2 is 1.92 bits per heavy atom. The number of hydrogen-bond acceptors (Lipinski definition) is 4. The quantitative estimate of drug-likeness (QED) is 0.802. The number of carbonyl (C=O) groups is 2. The second kappa shape index (κ2) is 6.86. The van der Waals surface area contributed by atoms with Crippen LogP contribution in [0, 0.1) is 0 Å². The van der Waals surface area contributed by atoms with Gasteiger partial charge in [-0.15, -0.1) is 0 Å². The van der Waals surface area contributed by atoms with Crippen LogP contribution in [0.2, 0.25) is 5.02 Å². The first-order valence-electron chi connectivity index (χ1n) is 7.94. The Kier molecular flexibility index (Phi) is 4.92. The van der Waals surface area contributed by atoms with Crippen LogP contribution in [0.25, 0.3) is 10.8 Å². The van der Waals surface area contributed by atoms with Crippen LogP contribution in [0.15, 0.2) is 41.3 Å². The van der Waals surface area contributed by atoms with Crippen molar-refractivity contribution < 1.29 is 23.1 Å². The lowest BCUT2D eigenvalue weighted by Gasteiger charge is -2.21. The first-order valence-corrected chi connectivity index (χ1v) is 9.80. The van der Waals surface area contributed by atoms with Crippen molar-refractivity contribution in [2.75, 3.05) is 6.54 Å². The van der Waals surface area contributed by atoms with Gasteiger partial charge in [0.05, 0.1) is 4.90 Å². The third-order valence-corrected chi connectivity index (χ3v) is 6.15. The van der Waals surface area contributed by atoms with Gasteiger partial charge in [0.2, 0.25) is 15.9 Å². The highest BCUT2D eigenvalue weighted by atomic mass is 35.5. The molecule has 3 rings (SSSR count). The summed E-state index contributed by atoms with van der Waals surface area (Å²) in [6, 6.07) is 7.73. The molecular weight excluding hydrogens is 380 g/mol. The topological polar surface area (TPSA) is 104 Å². The molecule has 1 heterocycles. The molecule has 0 aromatic heterocycles. The normalized spacial score (nSPS) is 19.1. The molecule has 1 saturated heterocycles. The number of carbonyl (C=O) groups excluding carboxylic acids is 1. The SMILES string of the molecule is C[C@@H](C(=O)O)N1CC[C@@H](NS(=O)(=O)c2ccc3cc(Cl)ccc3c2)C1=O. The zero-order chi connectivity index (χ0) is 19.1. The van der Waals surface area contributed by atoms with E-state index in [1.807, 2.05) is 0 Å². The summed E-state index contributed by atoms with van der Waals surface area (Å²) in [6.45, 7) is 1.58. The van der Waals surface area contributed by atoms with Crippen molar-refractivity contribution in [3.8, 4) is 0 Å². The Morgan fingerprint density at radius 1 is 1.27 bits per heavy atom. The van der Waals surface area contributed by atoms with Gasteiger partial charge < -0.3 is 10.0 Å². The number of nitrogens with one attached hydrogen (secondary N) is 1. The number of aliphatic carboxylic acids is 1. The fraction of sp³-hybridized carbons (Fsp3) is 0.294. The van der Waals surface area contributed by atoms with E-state index >= 15 is 0 Å². The molecule has 7 nitrogen and oxygen atoms in total. The highest BCUT2D eigenvalue weighted by molar-refractivity contribution is 7.89. The summed E-state index contributed by atoms with van der Waals surface area (Å²) >= 11 is 5.92. The Labute approximate surface area is 155 Å². The van der Waals surface area contributed by atoms with Crippen LogP contribution in [0.4, 0.5) is 0 Å². The monoisotopic (exact) mass is 396 g/mol. The Hall–Kier alpha value is -2.16. The minimum absolute atomic E-state index is 0.0323. The van der Waals surface area contributed by atoms with Gasteiger partial charge in [-0.1, -0.05) is 23.7 Å². The van der Waals surface area contributed by atoms with Crippen LogP contribution in [0.5, 0.6) is 0 Å². The van der Waals surface area contributed by atoms with E-state index in [-0.39, 0.29) is 17.9 Å². The summed E-state index contributed by atoms with van der Waals surface area (Å²) in [4.78, 5) is 24.6. The second-order valence-corrected chi connectivity index (χ2v) is 8.31. The number of carboxylic acids is 1. The van der Waals surface area contributed by atoms with Crippen molar-refractivity contribution in [1.29, 1.82) is 0 Å². The number of nitrogens with zero attached hydrogens (tertiary/aromatic N) is 1. The third kappa shape index (κ3) is 3.53. The number of carboxylic acid groups (broad SMARTS) is 1. The number of sulfonamides is 1. The Balaban J connectivity index is 1.82. The van der Waals surface area contributed by atoms with Gasteiger partial charge in [-0.05, 0) is 48.4 Å². The molecule has 1 aliphatic heterocycles. The summed E-state index contributed by atoms with van der Waals surface area (Å²) in [5.74, 6) is -1.66. The summed E-state index contributed by atoms with van der Waals surface area (Å²) in [7, 11) is -3.93. The van der Waals surface area contributed by atoms with Crippen molar-refractivity contribution in [2.45, 2.75) is 30.3 Å². The largest absolute Gasteiger partial charge is 0.480 e. The van der Waals surface area contributed by atoms with Gasteiger partial charge >= 0.3 is 5.97 Å². The Bertz CT molecular complexity index is 992. The van der Waals surface area contributed by atoms with Gasteiger partial charge in [-0.2, -0.15) is 4.72 Å². The number of rotatable bonds is 5. The lowest BCUT2D eigenvalue weighted by molar-refractivity contribution is -0.147. The fourth-order valence-electron chi connectivity index (χ4n) is 2.95. The predicted molar refractivity (Wildman–Crippen MR) is 96.5 cm³/mol. The molecule has 2 N–H and O–H groups in total.